The van der Waals surface area contributed by atoms with E-state index in [1.807, 2.05) is 13.8 Å². The lowest BCUT2D eigenvalue weighted by molar-refractivity contribution is 0.395. The quantitative estimate of drug-likeness (QED) is 0.884. The lowest BCUT2D eigenvalue weighted by atomic mass is 9.98. The summed E-state index contributed by atoms with van der Waals surface area (Å²) < 4.78 is 2.32. The summed E-state index contributed by atoms with van der Waals surface area (Å²) in [5, 5.41) is 12.6. The molecule has 1 atom stereocenters. The van der Waals surface area contributed by atoms with Gasteiger partial charge in [0.25, 0.3) is 0 Å². The van der Waals surface area contributed by atoms with Gasteiger partial charge in [-0.1, -0.05) is 6.92 Å². The Hall–Kier alpha value is -1.34. The smallest absolute Gasteiger partial charge is 0.106 e. The standard InChI is InChI=1S/C15H24N4/c1-4-17-15(3,11-16)9-10-19-12(2)18-13-7-5-6-8-14(13)19/h17H,4-10H2,1-3H3. The number of imidazole rings is 1. The number of nitrogens with zero attached hydrogens (tertiary/aromatic N) is 3. The Morgan fingerprint density at radius 2 is 2.16 bits per heavy atom. The van der Waals surface area contributed by atoms with Crippen LogP contribution in [0.5, 0.6) is 0 Å². The van der Waals surface area contributed by atoms with Gasteiger partial charge < -0.3 is 4.57 Å². The van der Waals surface area contributed by atoms with E-state index in [0.29, 0.717) is 0 Å². The predicted molar refractivity (Wildman–Crippen MR) is 75.9 cm³/mol. The number of aromatic nitrogens is 2. The molecule has 104 valence electrons. The molecule has 1 aliphatic carbocycles. The lowest BCUT2D eigenvalue weighted by Gasteiger charge is -2.24. The molecule has 0 fully saturated rings. The molecule has 1 aliphatic rings. The first-order valence-corrected chi connectivity index (χ1v) is 7.31. The van der Waals surface area contributed by atoms with Gasteiger partial charge in [-0.25, -0.2) is 4.98 Å². The molecule has 0 radical (unpaired) electrons. The summed E-state index contributed by atoms with van der Waals surface area (Å²) in [5.74, 6) is 1.10. The van der Waals surface area contributed by atoms with Gasteiger partial charge in [-0.2, -0.15) is 5.26 Å². The van der Waals surface area contributed by atoms with Crippen molar-refractivity contribution in [2.45, 2.75) is 65.0 Å². The Morgan fingerprint density at radius 1 is 1.42 bits per heavy atom. The number of rotatable bonds is 5. The van der Waals surface area contributed by atoms with Gasteiger partial charge in [-0.05, 0) is 52.5 Å². The SMILES string of the molecule is CCNC(C)(C#N)CCn1c(C)nc2c1CCCC2. The van der Waals surface area contributed by atoms with E-state index in [4.69, 9.17) is 0 Å². The third-order valence-corrected chi connectivity index (χ3v) is 4.07. The highest BCUT2D eigenvalue weighted by Gasteiger charge is 2.24. The van der Waals surface area contributed by atoms with Crippen LogP contribution in [0.15, 0.2) is 0 Å². The van der Waals surface area contributed by atoms with E-state index in [9.17, 15) is 5.26 Å². The second kappa shape index (κ2) is 5.75. The van der Waals surface area contributed by atoms with Crippen molar-refractivity contribution in [3.05, 3.63) is 17.2 Å². The van der Waals surface area contributed by atoms with Crippen LogP contribution in [0.2, 0.25) is 0 Å². The van der Waals surface area contributed by atoms with Gasteiger partial charge in [0, 0.05) is 12.2 Å². The van der Waals surface area contributed by atoms with Crippen molar-refractivity contribution in [1.29, 1.82) is 5.26 Å². The van der Waals surface area contributed by atoms with Crippen molar-refractivity contribution >= 4 is 0 Å². The molecular weight excluding hydrogens is 236 g/mol. The molecule has 0 saturated carbocycles. The lowest BCUT2D eigenvalue weighted by Crippen LogP contribution is -2.41. The average molecular weight is 260 g/mol. The van der Waals surface area contributed by atoms with Gasteiger partial charge >= 0.3 is 0 Å². The summed E-state index contributed by atoms with van der Waals surface area (Å²) in [5.41, 5.74) is 2.25. The van der Waals surface area contributed by atoms with Crippen molar-refractivity contribution < 1.29 is 0 Å². The molecular formula is C15H24N4. The zero-order chi connectivity index (χ0) is 13.9. The molecule has 0 spiro atoms. The first-order chi connectivity index (χ1) is 9.09. The molecule has 2 rings (SSSR count). The molecule has 4 nitrogen and oxygen atoms in total. The minimum absolute atomic E-state index is 0.437. The molecule has 1 aromatic heterocycles. The first-order valence-electron chi connectivity index (χ1n) is 7.31. The van der Waals surface area contributed by atoms with Crippen molar-refractivity contribution in [3.8, 4) is 6.07 Å². The van der Waals surface area contributed by atoms with Crippen molar-refractivity contribution in [1.82, 2.24) is 14.9 Å². The highest BCUT2D eigenvalue weighted by atomic mass is 15.1. The van der Waals surface area contributed by atoms with Gasteiger partial charge in [0.15, 0.2) is 0 Å². The van der Waals surface area contributed by atoms with Gasteiger partial charge in [-0.3, -0.25) is 5.32 Å². The Morgan fingerprint density at radius 3 is 2.84 bits per heavy atom. The summed E-state index contributed by atoms with van der Waals surface area (Å²) in [6, 6.07) is 2.40. The molecule has 1 unspecified atom stereocenters. The summed E-state index contributed by atoms with van der Waals surface area (Å²) >= 11 is 0. The Labute approximate surface area is 115 Å². The van der Waals surface area contributed by atoms with Crippen LogP contribution in [0.1, 0.15) is 50.3 Å². The summed E-state index contributed by atoms with van der Waals surface area (Å²) in [4.78, 5) is 4.68. The van der Waals surface area contributed by atoms with Crippen molar-refractivity contribution in [2.24, 2.45) is 0 Å². The largest absolute Gasteiger partial charge is 0.332 e. The Balaban J connectivity index is 2.12. The summed E-state index contributed by atoms with van der Waals surface area (Å²) in [7, 11) is 0. The maximum atomic E-state index is 9.32. The normalized spacial score (nSPS) is 17.6. The number of hydrogen-bond acceptors (Lipinski definition) is 3. The third-order valence-electron chi connectivity index (χ3n) is 4.07. The molecule has 0 aliphatic heterocycles. The molecule has 19 heavy (non-hydrogen) atoms. The summed E-state index contributed by atoms with van der Waals surface area (Å²) in [6.45, 7) is 7.81. The fraction of sp³-hybridized carbons (Fsp3) is 0.733. The number of aryl methyl sites for hydroxylation is 2. The highest BCUT2D eigenvalue weighted by Crippen LogP contribution is 2.23. The Bertz CT molecular complexity index is 483. The molecule has 0 bridgehead atoms. The zero-order valence-corrected chi connectivity index (χ0v) is 12.3. The fourth-order valence-electron chi connectivity index (χ4n) is 2.94. The topological polar surface area (TPSA) is 53.6 Å². The van der Waals surface area contributed by atoms with Crippen molar-refractivity contribution in [3.63, 3.8) is 0 Å². The van der Waals surface area contributed by atoms with Crippen LogP contribution in [0.3, 0.4) is 0 Å². The third kappa shape index (κ3) is 2.98. The molecule has 0 amide bonds. The van der Waals surface area contributed by atoms with Crippen molar-refractivity contribution in [2.75, 3.05) is 6.54 Å². The van der Waals surface area contributed by atoms with E-state index in [1.54, 1.807) is 0 Å². The van der Waals surface area contributed by atoms with Crippen LogP contribution in [0, 0.1) is 18.3 Å². The molecule has 0 saturated heterocycles. The average Bonchev–Trinajstić information content (AvgIpc) is 2.72. The zero-order valence-electron chi connectivity index (χ0n) is 12.3. The van der Waals surface area contributed by atoms with E-state index in [1.165, 1.54) is 24.2 Å². The molecule has 1 heterocycles. The van der Waals surface area contributed by atoms with E-state index >= 15 is 0 Å². The van der Waals surface area contributed by atoms with Gasteiger partial charge in [-0.15, -0.1) is 0 Å². The maximum Gasteiger partial charge on any atom is 0.106 e. The van der Waals surface area contributed by atoms with E-state index in [0.717, 1.165) is 38.2 Å². The van der Waals surface area contributed by atoms with Crippen LogP contribution in [0.25, 0.3) is 0 Å². The maximum absolute atomic E-state index is 9.32. The Kier molecular flexibility index (Phi) is 4.26. The van der Waals surface area contributed by atoms with Gasteiger partial charge in [0.1, 0.15) is 11.4 Å². The highest BCUT2D eigenvalue weighted by molar-refractivity contribution is 5.20. The number of hydrogen-bond donors (Lipinski definition) is 1. The fourth-order valence-corrected chi connectivity index (χ4v) is 2.94. The van der Waals surface area contributed by atoms with Crippen LogP contribution < -0.4 is 5.32 Å². The van der Waals surface area contributed by atoms with Crippen LogP contribution in [0.4, 0.5) is 0 Å². The predicted octanol–water partition coefficient (Wildman–Crippen LogP) is 2.35. The van der Waals surface area contributed by atoms with Gasteiger partial charge in [0.05, 0.1) is 11.8 Å². The van der Waals surface area contributed by atoms with E-state index in [-0.39, 0.29) is 0 Å². The second-order valence-corrected chi connectivity index (χ2v) is 5.64. The number of fused-ring (bicyclic) bond motifs is 1. The molecule has 4 heteroatoms. The monoisotopic (exact) mass is 260 g/mol. The van der Waals surface area contributed by atoms with Crippen LogP contribution in [-0.4, -0.2) is 21.6 Å². The van der Waals surface area contributed by atoms with Gasteiger partial charge in [0.2, 0.25) is 0 Å². The van der Waals surface area contributed by atoms with E-state index < -0.39 is 5.54 Å². The second-order valence-electron chi connectivity index (χ2n) is 5.64. The minimum Gasteiger partial charge on any atom is -0.332 e. The number of nitrogens with one attached hydrogen (secondary N) is 1. The molecule has 1 N–H and O–H groups in total. The van der Waals surface area contributed by atoms with E-state index in [2.05, 4.69) is 27.9 Å². The molecule has 0 aromatic carbocycles. The first kappa shape index (κ1) is 14.1. The molecule has 1 aromatic rings. The van der Waals surface area contributed by atoms with Crippen LogP contribution >= 0.6 is 0 Å². The summed E-state index contributed by atoms with van der Waals surface area (Å²) in [6.07, 6.45) is 5.60. The van der Waals surface area contributed by atoms with Crippen LogP contribution in [-0.2, 0) is 19.4 Å². The number of nitriles is 1. The minimum atomic E-state index is -0.437.